The maximum Gasteiger partial charge on any atom is 0.262 e. The van der Waals surface area contributed by atoms with Gasteiger partial charge in [-0.1, -0.05) is 17.7 Å². The van der Waals surface area contributed by atoms with Crippen LogP contribution in [-0.2, 0) is 15.6 Å². The molecule has 0 aliphatic heterocycles. The Kier molecular flexibility index (Phi) is 2.86. The Morgan fingerprint density at radius 2 is 2.12 bits per heavy atom. The fourth-order valence-electron chi connectivity index (χ4n) is 1.60. The van der Waals surface area contributed by atoms with Crippen molar-refractivity contribution < 1.29 is 8.42 Å². The number of rotatable bonds is 2. The van der Waals surface area contributed by atoms with Crippen molar-refractivity contribution in [2.75, 3.05) is 0 Å². The third kappa shape index (κ3) is 1.79. The average molecular weight is 279 g/mol. The molecule has 0 saturated carbocycles. The molecule has 86 valence electrons. The molecule has 0 saturated heterocycles. The summed E-state index contributed by atoms with van der Waals surface area (Å²) in [6.45, 7) is 2.50. The third-order valence-electron chi connectivity index (χ3n) is 2.26. The quantitative estimate of drug-likeness (QED) is 0.794. The second-order valence-corrected chi connectivity index (χ2v) is 6.09. The van der Waals surface area contributed by atoms with Gasteiger partial charge in [0.05, 0.1) is 15.8 Å². The summed E-state index contributed by atoms with van der Waals surface area (Å²) in [6.07, 6.45) is 0. The highest BCUT2D eigenvalue weighted by Crippen LogP contribution is 2.31. The fourth-order valence-corrected chi connectivity index (χ4v) is 3.01. The molecule has 0 aliphatic rings. The molecule has 7 heteroatoms. The molecule has 0 radical (unpaired) electrons. The normalized spacial score (nSPS) is 12.2. The Morgan fingerprint density at radius 1 is 1.44 bits per heavy atom. The van der Waals surface area contributed by atoms with E-state index in [1.807, 2.05) is 6.92 Å². The van der Waals surface area contributed by atoms with Gasteiger partial charge in [0.1, 0.15) is 0 Å². The van der Waals surface area contributed by atoms with Crippen LogP contribution in [0.3, 0.4) is 0 Å². The summed E-state index contributed by atoms with van der Waals surface area (Å²) >= 11 is 5.91. The molecule has 0 atom stereocenters. The highest BCUT2D eigenvalue weighted by molar-refractivity contribution is 8.14. The maximum absolute atomic E-state index is 11.4. The summed E-state index contributed by atoms with van der Waals surface area (Å²) in [4.78, 5) is -0.00336. The molecule has 16 heavy (non-hydrogen) atoms. The summed E-state index contributed by atoms with van der Waals surface area (Å²) in [5.41, 5.74) is 0.661. The van der Waals surface area contributed by atoms with Gasteiger partial charge < -0.3 is 0 Å². The molecule has 0 fully saturated rings. The van der Waals surface area contributed by atoms with Gasteiger partial charge in [-0.25, -0.2) is 8.42 Å². The van der Waals surface area contributed by atoms with E-state index in [0.717, 1.165) is 0 Å². The lowest BCUT2D eigenvalue weighted by Crippen LogP contribution is -1.96. The fraction of sp³-hybridized carbons (Fsp3) is 0.222. The number of nitrogens with zero attached hydrogens (tertiary/aromatic N) is 2. The smallest absolute Gasteiger partial charge is 0.262 e. The number of fused-ring (bicyclic) bond motifs is 1. The topological polar surface area (TPSA) is 52.0 Å². The Bertz CT molecular complexity index is 649. The van der Waals surface area contributed by atoms with Crippen LogP contribution in [0.2, 0.25) is 5.15 Å². The van der Waals surface area contributed by atoms with Gasteiger partial charge in [0.15, 0.2) is 5.15 Å². The number of halogens is 2. The molecular weight excluding hydrogens is 271 g/mol. The molecule has 2 aromatic rings. The lowest BCUT2D eigenvalue weighted by molar-refractivity contribution is 0.610. The first-order valence-electron chi connectivity index (χ1n) is 4.55. The Hall–Kier alpha value is -0.780. The van der Waals surface area contributed by atoms with Crippen LogP contribution in [0, 0.1) is 0 Å². The molecule has 0 unspecified atom stereocenters. The number of benzene rings is 1. The number of hydrogen-bond donors (Lipinski definition) is 0. The van der Waals surface area contributed by atoms with Crippen molar-refractivity contribution in [3.8, 4) is 0 Å². The van der Waals surface area contributed by atoms with Crippen molar-refractivity contribution >= 4 is 42.2 Å². The Labute approximate surface area is 102 Å². The molecule has 0 bridgehead atoms. The van der Waals surface area contributed by atoms with E-state index in [0.29, 0.717) is 17.4 Å². The predicted molar refractivity (Wildman–Crippen MR) is 63.5 cm³/mol. The monoisotopic (exact) mass is 278 g/mol. The SMILES string of the molecule is CCn1nc(Cl)c2c(S(=O)(=O)Cl)cccc21. The molecule has 4 nitrogen and oxygen atoms in total. The molecule has 0 amide bonds. The van der Waals surface area contributed by atoms with Crippen LogP contribution >= 0.6 is 22.3 Å². The first kappa shape index (κ1) is 11.7. The molecule has 1 aromatic heterocycles. The zero-order valence-electron chi connectivity index (χ0n) is 8.31. The second kappa shape index (κ2) is 3.91. The van der Waals surface area contributed by atoms with Crippen LogP contribution < -0.4 is 0 Å². The molecule has 0 aliphatic carbocycles. The third-order valence-corrected chi connectivity index (χ3v) is 3.89. The minimum Gasteiger partial charge on any atom is -0.264 e. The summed E-state index contributed by atoms with van der Waals surface area (Å²) < 4.78 is 24.4. The van der Waals surface area contributed by atoms with Gasteiger partial charge >= 0.3 is 0 Å². The van der Waals surface area contributed by atoms with Gasteiger partial charge in [-0.3, -0.25) is 4.68 Å². The lowest BCUT2D eigenvalue weighted by atomic mass is 10.2. The van der Waals surface area contributed by atoms with E-state index in [4.69, 9.17) is 22.3 Å². The van der Waals surface area contributed by atoms with Gasteiger partial charge in [-0.2, -0.15) is 5.10 Å². The van der Waals surface area contributed by atoms with E-state index in [1.165, 1.54) is 6.07 Å². The lowest BCUT2D eigenvalue weighted by Gasteiger charge is -2.00. The van der Waals surface area contributed by atoms with Crippen LogP contribution in [0.4, 0.5) is 0 Å². The predicted octanol–water partition coefficient (Wildman–Crippen LogP) is 2.64. The van der Waals surface area contributed by atoms with E-state index < -0.39 is 9.05 Å². The molecule has 2 rings (SSSR count). The van der Waals surface area contributed by atoms with Crippen molar-refractivity contribution in [1.29, 1.82) is 0 Å². The van der Waals surface area contributed by atoms with Gasteiger partial charge in [0.2, 0.25) is 0 Å². The van der Waals surface area contributed by atoms with Crippen molar-refractivity contribution in [1.82, 2.24) is 9.78 Å². The minimum atomic E-state index is -3.81. The maximum atomic E-state index is 11.4. The molecule has 1 heterocycles. The van der Waals surface area contributed by atoms with Crippen molar-refractivity contribution in [2.24, 2.45) is 0 Å². The van der Waals surface area contributed by atoms with Crippen LogP contribution in [-0.4, -0.2) is 18.2 Å². The van der Waals surface area contributed by atoms with Gasteiger partial charge in [-0.15, -0.1) is 0 Å². The largest absolute Gasteiger partial charge is 0.264 e. The van der Waals surface area contributed by atoms with Crippen LogP contribution in [0.1, 0.15) is 6.92 Å². The van der Waals surface area contributed by atoms with Crippen LogP contribution in [0.15, 0.2) is 23.1 Å². The van der Waals surface area contributed by atoms with Crippen LogP contribution in [0.5, 0.6) is 0 Å². The summed E-state index contributed by atoms with van der Waals surface area (Å²) in [7, 11) is 1.53. The summed E-state index contributed by atoms with van der Waals surface area (Å²) in [5, 5.41) is 4.57. The number of hydrogen-bond acceptors (Lipinski definition) is 3. The van der Waals surface area contributed by atoms with Crippen molar-refractivity contribution in [2.45, 2.75) is 18.4 Å². The van der Waals surface area contributed by atoms with E-state index >= 15 is 0 Å². The molecular formula is C9H8Cl2N2O2S. The highest BCUT2D eigenvalue weighted by Gasteiger charge is 2.19. The average Bonchev–Trinajstić information content (AvgIpc) is 2.54. The van der Waals surface area contributed by atoms with Gasteiger partial charge in [-0.05, 0) is 19.1 Å². The zero-order chi connectivity index (χ0) is 11.9. The van der Waals surface area contributed by atoms with Crippen molar-refractivity contribution in [3.63, 3.8) is 0 Å². The molecule has 0 spiro atoms. The first-order chi connectivity index (χ1) is 7.45. The second-order valence-electron chi connectivity index (χ2n) is 3.19. The van der Waals surface area contributed by atoms with E-state index in [1.54, 1.807) is 16.8 Å². The van der Waals surface area contributed by atoms with E-state index in [2.05, 4.69) is 5.10 Å². The zero-order valence-corrected chi connectivity index (χ0v) is 10.6. The van der Waals surface area contributed by atoms with Crippen molar-refractivity contribution in [3.05, 3.63) is 23.4 Å². The minimum absolute atomic E-state index is 0.00336. The number of aryl methyl sites for hydroxylation is 1. The van der Waals surface area contributed by atoms with Gasteiger partial charge in [0, 0.05) is 17.2 Å². The van der Waals surface area contributed by atoms with Crippen LogP contribution in [0.25, 0.3) is 10.9 Å². The highest BCUT2D eigenvalue weighted by atomic mass is 35.7. The molecule has 0 N–H and O–H groups in total. The Balaban J connectivity index is 2.94. The van der Waals surface area contributed by atoms with E-state index in [-0.39, 0.29) is 10.0 Å². The molecule has 1 aromatic carbocycles. The Morgan fingerprint density at radius 3 is 2.69 bits per heavy atom. The summed E-state index contributed by atoms with van der Waals surface area (Å²) in [5.74, 6) is 0. The van der Waals surface area contributed by atoms with E-state index in [9.17, 15) is 8.42 Å². The first-order valence-corrected chi connectivity index (χ1v) is 7.23. The standard InChI is InChI=1S/C9H8Cl2N2O2S/c1-2-13-6-4-3-5-7(16(11,14)15)8(6)9(10)12-13/h3-5H,2H2,1H3. The number of aromatic nitrogens is 2. The van der Waals surface area contributed by atoms with Gasteiger partial charge in [0.25, 0.3) is 9.05 Å². The summed E-state index contributed by atoms with van der Waals surface area (Å²) in [6, 6.07) is 4.78.